The minimum Gasteiger partial charge on any atom is -0.484 e. The van der Waals surface area contributed by atoms with E-state index in [0.29, 0.717) is 17.1 Å². The SMILES string of the molecule is C#CCOc1ccc(Br)cc1C=NNC(=O)COc1ccc(CCCC)cc1. The van der Waals surface area contributed by atoms with Crippen LogP contribution in [0.5, 0.6) is 11.5 Å². The van der Waals surface area contributed by atoms with Crippen molar-refractivity contribution < 1.29 is 14.3 Å². The molecule has 1 amide bonds. The van der Waals surface area contributed by atoms with Gasteiger partial charge in [0, 0.05) is 10.0 Å². The number of aryl methyl sites for hydroxylation is 1. The largest absolute Gasteiger partial charge is 0.484 e. The molecule has 2 aromatic carbocycles. The van der Waals surface area contributed by atoms with E-state index >= 15 is 0 Å². The Labute approximate surface area is 174 Å². The van der Waals surface area contributed by atoms with Crippen LogP contribution in [-0.2, 0) is 11.2 Å². The number of nitrogens with zero attached hydrogens (tertiary/aromatic N) is 1. The van der Waals surface area contributed by atoms with Crippen LogP contribution in [0.4, 0.5) is 0 Å². The number of hydrazone groups is 1. The molecule has 0 spiro atoms. The minimum absolute atomic E-state index is 0.120. The van der Waals surface area contributed by atoms with Gasteiger partial charge in [0.2, 0.25) is 0 Å². The fourth-order valence-corrected chi connectivity index (χ4v) is 2.74. The van der Waals surface area contributed by atoms with Crippen molar-refractivity contribution in [1.29, 1.82) is 0 Å². The molecular formula is C22H23BrN2O3. The number of rotatable bonds is 10. The molecule has 0 saturated carbocycles. The molecule has 0 aliphatic rings. The number of ether oxygens (including phenoxy) is 2. The molecule has 1 N–H and O–H groups in total. The highest BCUT2D eigenvalue weighted by Gasteiger charge is 2.04. The fraction of sp³-hybridized carbons (Fsp3) is 0.273. The summed E-state index contributed by atoms with van der Waals surface area (Å²) >= 11 is 3.39. The molecule has 0 aliphatic carbocycles. The van der Waals surface area contributed by atoms with Gasteiger partial charge in [-0.1, -0.05) is 47.3 Å². The maximum Gasteiger partial charge on any atom is 0.277 e. The van der Waals surface area contributed by atoms with Gasteiger partial charge in [-0.15, -0.1) is 6.42 Å². The highest BCUT2D eigenvalue weighted by Crippen LogP contribution is 2.21. The number of unbranched alkanes of at least 4 members (excludes halogenated alkanes) is 1. The van der Waals surface area contributed by atoms with Gasteiger partial charge >= 0.3 is 0 Å². The lowest BCUT2D eigenvalue weighted by Gasteiger charge is -2.07. The van der Waals surface area contributed by atoms with E-state index in [0.717, 1.165) is 23.7 Å². The van der Waals surface area contributed by atoms with Gasteiger partial charge < -0.3 is 9.47 Å². The van der Waals surface area contributed by atoms with Crippen LogP contribution in [0, 0.1) is 12.3 Å². The third-order valence-electron chi connectivity index (χ3n) is 3.79. The molecule has 0 saturated heterocycles. The second-order valence-electron chi connectivity index (χ2n) is 6.00. The van der Waals surface area contributed by atoms with E-state index in [4.69, 9.17) is 15.9 Å². The van der Waals surface area contributed by atoms with Gasteiger partial charge in [0.05, 0.1) is 6.21 Å². The molecule has 5 nitrogen and oxygen atoms in total. The maximum absolute atomic E-state index is 11.9. The smallest absolute Gasteiger partial charge is 0.277 e. The molecule has 2 rings (SSSR count). The van der Waals surface area contributed by atoms with Crippen LogP contribution in [0.25, 0.3) is 0 Å². The Morgan fingerprint density at radius 2 is 2.04 bits per heavy atom. The van der Waals surface area contributed by atoms with Crippen LogP contribution < -0.4 is 14.9 Å². The summed E-state index contributed by atoms with van der Waals surface area (Å²) in [5, 5.41) is 3.95. The lowest BCUT2D eigenvalue weighted by molar-refractivity contribution is -0.123. The van der Waals surface area contributed by atoms with E-state index in [-0.39, 0.29) is 19.1 Å². The Morgan fingerprint density at radius 3 is 2.75 bits per heavy atom. The third kappa shape index (κ3) is 7.45. The summed E-state index contributed by atoms with van der Waals surface area (Å²) in [6, 6.07) is 13.2. The first-order chi connectivity index (χ1) is 13.6. The highest BCUT2D eigenvalue weighted by atomic mass is 79.9. The van der Waals surface area contributed by atoms with Crippen LogP contribution >= 0.6 is 15.9 Å². The maximum atomic E-state index is 11.9. The van der Waals surface area contributed by atoms with Crippen molar-refractivity contribution in [3.8, 4) is 23.8 Å². The number of carbonyl (C=O) groups is 1. The van der Waals surface area contributed by atoms with Crippen molar-refractivity contribution >= 4 is 28.1 Å². The van der Waals surface area contributed by atoms with E-state index in [2.05, 4.69) is 39.3 Å². The highest BCUT2D eigenvalue weighted by molar-refractivity contribution is 9.10. The number of carbonyl (C=O) groups excluding carboxylic acids is 1. The monoisotopic (exact) mass is 442 g/mol. The van der Waals surface area contributed by atoms with E-state index < -0.39 is 0 Å². The molecule has 0 radical (unpaired) electrons. The zero-order valence-corrected chi connectivity index (χ0v) is 17.4. The Kier molecular flexibility index (Phi) is 9.09. The molecular weight excluding hydrogens is 420 g/mol. The molecule has 2 aromatic rings. The standard InChI is InChI=1S/C22H23BrN2O3/c1-3-5-6-17-7-10-20(11-8-17)28-16-22(26)25-24-15-18-14-19(23)9-12-21(18)27-13-4-2/h2,7-12,14-15H,3,5-6,13,16H2,1H3,(H,25,26). The third-order valence-corrected chi connectivity index (χ3v) is 4.28. The average molecular weight is 443 g/mol. The average Bonchev–Trinajstić information content (AvgIpc) is 2.71. The lowest BCUT2D eigenvalue weighted by atomic mass is 10.1. The second kappa shape index (κ2) is 11.8. The quantitative estimate of drug-likeness (QED) is 0.338. The lowest BCUT2D eigenvalue weighted by Crippen LogP contribution is -2.24. The second-order valence-corrected chi connectivity index (χ2v) is 6.92. The number of hydrogen-bond donors (Lipinski definition) is 1. The first-order valence-corrected chi connectivity index (χ1v) is 9.81. The van der Waals surface area contributed by atoms with Crippen molar-refractivity contribution in [3.63, 3.8) is 0 Å². The summed E-state index contributed by atoms with van der Waals surface area (Å²) in [4.78, 5) is 11.9. The van der Waals surface area contributed by atoms with E-state index in [1.54, 1.807) is 6.07 Å². The van der Waals surface area contributed by atoms with Crippen LogP contribution in [0.1, 0.15) is 30.9 Å². The van der Waals surface area contributed by atoms with Gasteiger partial charge in [0.15, 0.2) is 6.61 Å². The molecule has 0 unspecified atom stereocenters. The summed E-state index contributed by atoms with van der Waals surface area (Å²) in [7, 11) is 0. The van der Waals surface area contributed by atoms with Crippen molar-refractivity contribution in [2.75, 3.05) is 13.2 Å². The number of nitrogens with one attached hydrogen (secondary N) is 1. The molecule has 28 heavy (non-hydrogen) atoms. The van der Waals surface area contributed by atoms with Crippen LogP contribution in [0.3, 0.4) is 0 Å². The molecule has 0 fully saturated rings. The number of terminal acetylenes is 1. The molecule has 0 aromatic heterocycles. The molecule has 6 heteroatoms. The van der Waals surface area contributed by atoms with E-state index in [9.17, 15) is 4.79 Å². The Balaban J connectivity index is 1.84. The van der Waals surface area contributed by atoms with Crippen molar-refractivity contribution in [2.24, 2.45) is 5.10 Å². The molecule has 146 valence electrons. The zero-order chi connectivity index (χ0) is 20.2. The van der Waals surface area contributed by atoms with Crippen molar-refractivity contribution in [2.45, 2.75) is 26.2 Å². The summed E-state index contributed by atoms with van der Waals surface area (Å²) in [5.41, 5.74) is 4.39. The minimum atomic E-state index is -0.354. The molecule has 0 aliphatic heterocycles. The normalized spacial score (nSPS) is 10.5. The summed E-state index contributed by atoms with van der Waals surface area (Å²) < 4.78 is 11.8. The van der Waals surface area contributed by atoms with E-state index in [1.807, 2.05) is 36.4 Å². The van der Waals surface area contributed by atoms with Gasteiger partial charge in [-0.2, -0.15) is 5.10 Å². The van der Waals surface area contributed by atoms with Gasteiger partial charge in [-0.25, -0.2) is 5.43 Å². The van der Waals surface area contributed by atoms with E-state index in [1.165, 1.54) is 11.8 Å². The summed E-state index contributed by atoms with van der Waals surface area (Å²) in [6.45, 7) is 2.20. The van der Waals surface area contributed by atoms with Gasteiger partial charge in [-0.3, -0.25) is 4.79 Å². The summed E-state index contributed by atoms with van der Waals surface area (Å²) in [6.07, 6.45) is 10.1. The van der Waals surface area contributed by atoms with Crippen LogP contribution in [-0.4, -0.2) is 25.3 Å². The zero-order valence-electron chi connectivity index (χ0n) is 15.8. The van der Waals surface area contributed by atoms with Crippen LogP contribution in [0.15, 0.2) is 52.0 Å². The Bertz CT molecular complexity index is 842. The van der Waals surface area contributed by atoms with Crippen molar-refractivity contribution in [3.05, 3.63) is 58.1 Å². The fourth-order valence-electron chi connectivity index (χ4n) is 2.36. The van der Waals surface area contributed by atoms with Crippen molar-refractivity contribution in [1.82, 2.24) is 5.43 Å². The number of hydrogen-bond acceptors (Lipinski definition) is 4. The van der Waals surface area contributed by atoms with Gasteiger partial charge in [0.1, 0.15) is 18.1 Å². The van der Waals surface area contributed by atoms with Crippen LogP contribution in [0.2, 0.25) is 0 Å². The predicted molar refractivity (Wildman–Crippen MR) is 115 cm³/mol. The Hall–Kier alpha value is -2.78. The molecule has 0 heterocycles. The first-order valence-electron chi connectivity index (χ1n) is 9.02. The number of benzene rings is 2. The summed E-state index contributed by atoms with van der Waals surface area (Å²) in [5.74, 6) is 3.29. The number of halogens is 1. The first kappa shape index (κ1) is 21.5. The molecule has 0 atom stereocenters. The number of amides is 1. The van der Waals surface area contributed by atoms with Gasteiger partial charge in [0.25, 0.3) is 5.91 Å². The Morgan fingerprint density at radius 1 is 1.25 bits per heavy atom. The predicted octanol–water partition coefficient (Wildman–Crippen LogP) is 4.33. The molecule has 0 bridgehead atoms. The topological polar surface area (TPSA) is 59.9 Å². The van der Waals surface area contributed by atoms with Gasteiger partial charge in [-0.05, 0) is 48.7 Å².